The molecule has 0 saturated carbocycles. The van der Waals surface area contributed by atoms with E-state index >= 15 is 0 Å². The van der Waals surface area contributed by atoms with Crippen LogP contribution in [0, 0.1) is 0 Å². The smallest absolute Gasteiger partial charge is 0.270 e. The summed E-state index contributed by atoms with van der Waals surface area (Å²) in [7, 11) is 0. The third-order valence-electron chi connectivity index (χ3n) is 1.36. The molecule has 2 aromatic heterocycles. The van der Waals surface area contributed by atoms with Crippen molar-refractivity contribution >= 4 is 21.6 Å². The lowest BCUT2D eigenvalue weighted by Gasteiger charge is -1.91. The highest BCUT2D eigenvalue weighted by Crippen LogP contribution is 2.05. The second-order valence-corrected chi connectivity index (χ2v) is 2.95. The minimum Gasteiger partial charge on any atom is -0.270 e. The topological polar surface area (TPSA) is 83.0 Å². The Hall–Kier alpha value is -1.37. The molecule has 7 heteroatoms. The van der Waals surface area contributed by atoms with Gasteiger partial charge in [0.15, 0.2) is 0 Å². The van der Waals surface area contributed by atoms with Crippen LogP contribution >= 0.6 is 15.9 Å². The summed E-state index contributed by atoms with van der Waals surface area (Å²) in [5, 5.41) is 2.37. The van der Waals surface area contributed by atoms with Gasteiger partial charge in [0.1, 0.15) is 4.60 Å². The van der Waals surface area contributed by atoms with Gasteiger partial charge in [0.25, 0.3) is 5.56 Å². The molecule has 0 aliphatic heterocycles. The van der Waals surface area contributed by atoms with E-state index in [0.717, 1.165) is 0 Å². The molecule has 6 nitrogen and oxygen atoms in total. The van der Waals surface area contributed by atoms with E-state index in [2.05, 4.69) is 31.0 Å². The first-order valence-corrected chi connectivity index (χ1v) is 3.83. The Balaban J connectivity index is 3.13. The van der Waals surface area contributed by atoms with Gasteiger partial charge in [0.05, 0.1) is 6.20 Å². The van der Waals surface area contributed by atoms with Gasteiger partial charge in [-0.25, -0.2) is 19.4 Å². The molecule has 0 aromatic carbocycles. The zero-order chi connectivity index (χ0) is 8.72. The molecule has 0 saturated heterocycles. The summed E-state index contributed by atoms with van der Waals surface area (Å²) in [5.41, 5.74) is -0.919. The second-order valence-electron chi connectivity index (χ2n) is 2.13. The van der Waals surface area contributed by atoms with Crippen molar-refractivity contribution in [3.05, 3.63) is 31.6 Å². The molecule has 0 unspecified atom stereocenters. The third kappa shape index (κ3) is 0.900. The zero-order valence-electron chi connectivity index (χ0n) is 5.67. The molecule has 0 spiro atoms. The van der Waals surface area contributed by atoms with E-state index in [4.69, 9.17) is 0 Å². The summed E-state index contributed by atoms with van der Waals surface area (Å²) in [4.78, 5) is 27.6. The van der Waals surface area contributed by atoms with Crippen LogP contribution in [0.25, 0.3) is 5.65 Å². The molecule has 0 aliphatic rings. The molecular formula is C5H3BrN4O2. The van der Waals surface area contributed by atoms with Gasteiger partial charge in [-0.1, -0.05) is 0 Å². The highest BCUT2D eigenvalue weighted by atomic mass is 79.9. The van der Waals surface area contributed by atoms with E-state index in [9.17, 15) is 9.59 Å². The Morgan fingerprint density at radius 1 is 1.50 bits per heavy atom. The quantitative estimate of drug-likeness (QED) is 0.639. The number of imidazole rings is 1. The van der Waals surface area contributed by atoms with Crippen molar-refractivity contribution in [2.75, 3.05) is 0 Å². The van der Waals surface area contributed by atoms with Crippen LogP contribution in [0.15, 0.2) is 20.4 Å². The average Bonchev–Trinajstić information content (AvgIpc) is 2.33. The van der Waals surface area contributed by atoms with Crippen molar-refractivity contribution in [1.82, 2.24) is 19.6 Å². The molecule has 62 valence electrons. The maximum absolute atomic E-state index is 11.0. The van der Waals surface area contributed by atoms with Gasteiger partial charge in [-0.15, -0.1) is 0 Å². The van der Waals surface area contributed by atoms with Crippen LogP contribution in [0.3, 0.4) is 0 Å². The summed E-state index contributed by atoms with van der Waals surface area (Å²) < 4.78 is 1.79. The molecule has 0 fully saturated rings. The predicted octanol–water partition coefficient (Wildman–Crippen LogP) is -0.527. The van der Waals surface area contributed by atoms with Crippen LogP contribution in [0.5, 0.6) is 0 Å². The molecule has 2 rings (SSSR count). The van der Waals surface area contributed by atoms with E-state index in [0.29, 0.717) is 4.60 Å². The number of fused-ring (bicyclic) bond motifs is 1. The standard InChI is InChI=1S/C5H3BrN4O2/c6-2-1-7-3-4(11)8-5(12)9-10(2)3/h1H,(H2,8,9,11,12). The number of nitrogens with one attached hydrogen (secondary N) is 2. The second kappa shape index (κ2) is 2.31. The molecule has 0 atom stereocenters. The largest absolute Gasteiger partial charge is 0.340 e. The highest BCUT2D eigenvalue weighted by molar-refractivity contribution is 9.10. The van der Waals surface area contributed by atoms with Gasteiger partial charge in [-0.05, 0) is 15.9 Å². The molecular weight excluding hydrogens is 228 g/mol. The Kier molecular flexibility index (Phi) is 1.40. The number of aromatic nitrogens is 4. The summed E-state index contributed by atoms with van der Waals surface area (Å²) >= 11 is 3.11. The molecule has 0 bridgehead atoms. The van der Waals surface area contributed by atoms with Crippen molar-refractivity contribution < 1.29 is 0 Å². The molecule has 0 radical (unpaired) electrons. The highest BCUT2D eigenvalue weighted by Gasteiger charge is 2.03. The van der Waals surface area contributed by atoms with Crippen molar-refractivity contribution in [3.63, 3.8) is 0 Å². The number of rotatable bonds is 0. The lowest BCUT2D eigenvalue weighted by Crippen LogP contribution is -2.25. The molecule has 2 N–H and O–H groups in total. The molecule has 0 aliphatic carbocycles. The number of nitrogens with zero attached hydrogens (tertiary/aromatic N) is 2. The first-order valence-electron chi connectivity index (χ1n) is 3.04. The van der Waals surface area contributed by atoms with Gasteiger partial charge in [-0.3, -0.25) is 9.78 Å². The van der Waals surface area contributed by atoms with Crippen molar-refractivity contribution in [2.45, 2.75) is 0 Å². The fourth-order valence-electron chi connectivity index (χ4n) is 0.886. The van der Waals surface area contributed by atoms with Crippen LogP contribution in [-0.4, -0.2) is 19.6 Å². The van der Waals surface area contributed by atoms with E-state index in [1.54, 1.807) is 0 Å². The van der Waals surface area contributed by atoms with Crippen molar-refractivity contribution in [3.8, 4) is 0 Å². The first-order chi connectivity index (χ1) is 5.68. The normalized spacial score (nSPS) is 10.8. The number of halogens is 1. The van der Waals surface area contributed by atoms with Crippen LogP contribution in [0.4, 0.5) is 0 Å². The maximum atomic E-state index is 11.0. The number of hydrogen-bond donors (Lipinski definition) is 2. The van der Waals surface area contributed by atoms with Crippen LogP contribution in [0.1, 0.15) is 0 Å². The van der Waals surface area contributed by atoms with E-state index in [-0.39, 0.29) is 5.65 Å². The Morgan fingerprint density at radius 3 is 3.00 bits per heavy atom. The molecule has 2 aromatic rings. The summed E-state index contributed by atoms with van der Waals surface area (Å²) in [5.74, 6) is 0. The SMILES string of the molecule is O=c1[nH]c(=O)c2ncc(Br)n2[nH]1. The molecule has 12 heavy (non-hydrogen) atoms. The lowest BCUT2D eigenvalue weighted by molar-refractivity contribution is 0.827. The first kappa shape index (κ1) is 7.29. The van der Waals surface area contributed by atoms with Gasteiger partial charge in [-0.2, -0.15) is 0 Å². The fourth-order valence-corrected chi connectivity index (χ4v) is 1.25. The minimum absolute atomic E-state index is 0.154. The van der Waals surface area contributed by atoms with Gasteiger partial charge < -0.3 is 0 Å². The lowest BCUT2D eigenvalue weighted by atomic mass is 10.8. The molecule has 2 heterocycles. The van der Waals surface area contributed by atoms with Crippen molar-refractivity contribution in [1.29, 1.82) is 0 Å². The third-order valence-corrected chi connectivity index (χ3v) is 1.92. The van der Waals surface area contributed by atoms with Gasteiger partial charge >= 0.3 is 5.69 Å². The van der Waals surface area contributed by atoms with Crippen LogP contribution < -0.4 is 11.2 Å². The number of hydrogen-bond acceptors (Lipinski definition) is 3. The summed E-state index contributed by atoms with van der Waals surface area (Å²) in [6.07, 6.45) is 1.43. The zero-order valence-corrected chi connectivity index (χ0v) is 7.25. The van der Waals surface area contributed by atoms with Gasteiger partial charge in [0.2, 0.25) is 5.65 Å². The maximum Gasteiger partial charge on any atom is 0.340 e. The van der Waals surface area contributed by atoms with Crippen molar-refractivity contribution in [2.24, 2.45) is 0 Å². The fraction of sp³-hybridized carbons (Fsp3) is 0. The van der Waals surface area contributed by atoms with E-state index in [1.807, 2.05) is 0 Å². The number of H-pyrrole nitrogens is 2. The molecule has 0 amide bonds. The summed E-state index contributed by atoms with van der Waals surface area (Å²) in [6.45, 7) is 0. The average molecular weight is 231 g/mol. The van der Waals surface area contributed by atoms with Crippen LogP contribution in [-0.2, 0) is 0 Å². The Labute approximate surface area is 73.4 Å². The van der Waals surface area contributed by atoms with E-state index < -0.39 is 11.2 Å². The Bertz CT molecular complexity index is 536. The Morgan fingerprint density at radius 2 is 2.25 bits per heavy atom. The minimum atomic E-state index is -0.564. The monoisotopic (exact) mass is 230 g/mol. The van der Waals surface area contributed by atoms with Crippen LogP contribution in [0.2, 0.25) is 0 Å². The summed E-state index contributed by atoms with van der Waals surface area (Å²) in [6, 6.07) is 0. The number of aromatic amines is 2. The van der Waals surface area contributed by atoms with E-state index in [1.165, 1.54) is 10.7 Å². The predicted molar refractivity (Wildman–Crippen MR) is 44.1 cm³/mol. The van der Waals surface area contributed by atoms with Gasteiger partial charge in [0, 0.05) is 0 Å².